The van der Waals surface area contributed by atoms with Gasteiger partial charge in [0, 0.05) is 17.8 Å². The summed E-state index contributed by atoms with van der Waals surface area (Å²) in [5.41, 5.74) is 4.60. The van der Waals surface area contributed by atoms with Crippen LogP contribution in [0, 0.1) is 12.7 Å². The van der Waals surface area contributed by atoms with Crippen LogP contribution in [0.3, 0.4) is 0 Å². The molecule has 1 amide bonds. The van der Waals surface area contributed by atoms with Gasteiger partial charge < -0.3 is 14.2 Å². The van der Waals surface area contributed by atoms with E-state index < -0.39 is 0 Å². The molecule has 3 aromatic rings. The van der Waals surface area contributed by atoms with E-state index in [2.05, 4.69) is 4.98 Å². The molecule has 0 aliphatic carbocycles. The van der Waals surface area contributed by atoms with Crippen molar-refractivity contribution in [1.82, 2.24) is 14.5 Å². The van der Waals surface area contributed by atoms with Crippen molar-refractivity contribution >= 4 is 12.0 Å². The van der Waals surface area contributed by atoms with Crippen molar-refractivity contribution in [3.8, 4) is 11.4 Å². The number of benzene rings is 2. The Balaban J connectivity index is 1.44. The van der Waals surface area contributed by atoms with E-state index in [0.29, 0.717) is 0 Å². The van der Waals surface area contributed by atoms with Crippen molar-refractivity contribution in [3.63, 3.8) is 0 Å². The van der Waals surface area contributed by atoms with Gasteiger partial charge in [0.25, 0.3) is 5.91 Å². The van der Waals surface area contributed by atoms with E-state index in [1.54, 1.807) is 13.4 Å². The van der Waals surface area contributed by atoms with Gasteiger partial charge in [-0.05, 0) is 80.5 Å². The number of methoxy groups -OCH3 is 1. The van der Waals surface area contributed by atoms with E-state index in [-0.39, 0.29) is 23.8 Å². The molecule has 0 radical (unpaired) electrons. The molecular weight excluding hydrogens is 417 g/mol. The lowest BCUT2D eigenvalue weighted by Crippen LogP contribution is -2.49. The molecule has 3 heterocycles. The van der Waals surface area contributed by atoms with Gasteiger partial charge in [0.1, 0.15) is 11.6 Å². The summed E-state index contributed by atoms with van der Waals surface area (Å²) >= 11 is 0. The molecule has 33 heavy (non-hydrogen) atoms. The number of imidazole rings is 1. The third-order valence-corrected chi connectivity index (χ3v) is 6.79. The molecule has 0 N–H and O–H groups in total. The monoisotopic (exact) mass is 445 g/mol. The van der Waals surface area contributed by atoms with Crippen LogP contribution in [-0.4, -0.2) is 33.5 Å². The summed E-state index contributed by atoms with van der Waals surface area (Å²) < 4.78 is 21.0. The van der Waals surface area contributed by atoms with Crippen LogP contribution in [0.25, 0.3) is 11.8 Å². The van der Waals surface area contributed by atoms with Crippen LogP contribution in [0.15, 0.2) is 60.6 Å². The maximum absolute atomic E-state index is 13.6. The molecule has 170 valence electrons. The molecule has 0 spiro atoms. The van der Waals surface area contributed by atoms with Gasteiger partial charge in [-0.3, -0.25) is 4.79 Å². The minimum atomic E-state index is -0.250. The van der Waals surface area contributed by atoms with Gasteiger partial charge in [0.15, 0.2) is 0 Å². The third kappa shape index (κ3) is 4.17. The molecule has 2 saturated heterocycles. The Labute approximate surface area is 193 Å². The number of carbonyl (C=O) groups excluding carboxylic acids is 1. The van der Waals surface area contributed by atoms with Gasteiger partial charge in [-0.25, -0.2) is 9.37 Å². The molecule has 0 saturated carbocycles. The second-order valence-electron chi connectivity index (χ2n) is 8.93. The number of amides is 1. The van der Waals surface area contributed by atoms with Gasteiger partial charge in [-0.15, -0.1) is 0 Å². The zero-order valence-electron chi connectivity index (χ0n) is 19.0. The summed E-state index contributed by atoms with van der Waals surface area (Å²) in [6, 6.07) is 12.8. The number of aryl methyl sites for hydroxylation is 1. The maximum Gasteiger partial charge on any atom is 0.250 e. The van der Waals surface area contributed by atoms with Gasteiger partial charge in [0.05, 0.1) is 30.9 Å². The molecule has 2 aliphatic rings. The number of aromatic nitrogens is 2. The third-order valence-electron chi connectivity index (χ3n) is 6.79. The molecule has 5 rings (SSSR count). The molecule has 0 bridgehead atoms. The zero-order chi connectivity index (χ0) is 22.9. The molecule has 2 atom stereocenters. The second-order valence-corrected chi connectivity index (χ2v) is 8.93. The first-order valence-corrected chi connectivity index (χ1v) is 11.5. The lowest BCUT2D eigenvalue weighted by Gasteiger charge is -2.46. The van der Waals surface area contributed by atoms with Crippen LogP contribution >= 0.6 is 0 Å². The first kappa shape index (κ1) is 21.4. The Morgan fingerprint density at radius 3 is 2.67 bits per heavy atom. The Morgan fingerprint density at radius 1 is 1.12 bits per heavy atom. The highest BCUT2D eigenvalue weighted by Crippen LogP contribution is 2.41. The largest absolute Gasteiger partial charge is 0.495 e. The van der Waals surface area contributed by atoms with Crippen molar-refractivity contribution < 1.29 is 13.9 Å². The van der Waals surface area contributed by atoms with Crippen LogP contribution in [-0.2, 0) is 4.79 Å². The van der Waals surface area contributed by atoms with Gasteiger partial charge in [-0.1, -0.05) is 18.2 Å². The summed E-state index contributed by atoms with van der Waals surface area (Å²) in [6.07, 6.45) is 10.5. The highest BCUT2D eigenvalue weighted by Gasteiger charge is 2.39. The zero-order valence-corrected chi connectivity index (χ0v) is 19.0. The molecule has 2 fully saturated rings. The van der Waals surface area contributed by atoms with Crippen molar-refractivity contribution in [2.45, 2.75) is 51.1 Å². The molecular formula is C27H28FN3O2. The Morgan fingerprint density at radius 2 is 1.94 bits per heavy atom. The number of rotatable bonds is 4. The van der Waals surface area contributed by atoms with E-state index in [9.17, 15) is 9.18 Å². The summed E-state index contributed by atoms with van der Waals surface area (Å²) in [5, 5.41) is 0. The van der Waals surface area contributed by atoms with Crippen LogP contribution in [0.1, 0.15) is 55.0 Å². The van der Waals surface area contributed by atoms with Crippen molar-refractivity contribution in [2.75, 3.05) is 7.11 Å². The van der Waals surface area contributed by atoms with Crippen LogP contribution in [0.5, 0.6) is 5.75 Å². The lowest BCUT2D eigenvalue weighted by atomic mass is 9.84. The standard InChI is InChI=1S/C27H28FN3O2/c1-18-16-30(17-29-18)25-13-6-19(15-26(25)33-2)14-21-9-12-23-4-3-5-24(31(23)27(21)32)20-7-10-22(28)11-8-20/h6-8,10-11,13-17,23-24H,3-5,9,12H2,1-2H3/t23-,24+/m0/s1. The first-order chi connectivity index (χ1) is 16.0. The average Bonchev–Trinajstić information content (AvgIpc) is 3.27. The average molecular weight is 446 g/mol. The Kier molecular flexibility index (Phi) is 5.75. The number of fused-ring (bicyclic) bond motifs is 1. The number of hydrogen-bond donors (Lipinski definition) is 0. The summed E-state index contributed by atoms with van der Waals surface area (Å²) in [6.45, 7) is 1.95. The highest BCUT2D eigenvalue weighted by molar-refractivity contribution is 5.99. The van der Waals surface area contributed by atoms with Crippen molar-refractivity contribution in [1.29, 1.82) is 0 Å². The minimum absolute atomic E-state index is 0.00180. The Bertz CT molecular complexity index is 1200. The number of halogens is 1. The summed E-state index contributed by atoms with van der Waals surface area (Å²) in [7, 11) is 1.65. The molecule has 2 aliphatic heterocycles. The number of nitrogens with zero attached hydrogens (tertiary/aromatic N) is 3. The smallest absolute Gasteiger partial charge is 0.250 e. The molecule has 0 unspecified atom stereocenters. The molecule has 1 aromatic heterocycles. The second kappa shape index (κ2) is 8.85. The number of piperidine rings is 2. The van der Waals surface area contributed by atoms with E-state index in [1.165, 1.54) is 12.1 Å². The highest BCUT2D eigenvalue weighted by atomic mass is 19.1. The molecule has 6 heteroatoms. The SMILES string of the molecule is COc1cc(C=C2CC[C@@H]3CCC[C@H](c4ccc(F)cc4)N3C2=O)ccc1-n1cnc(C)c1. The summed E-state index contributed by atoms with van der Waals surface area (Å²) in [5.74, 6) is 0.568. The predicted octanol–water partition coefficient (Wildman–Crippen LogP) is 5.63. The van der Waals surface area contributed by atoms with Gasteiger partial charge in [0.2, 0.25) is 0 Å². The van der Waals surface area contributed by atoms with Crippen LogP contribution in [0.4, 0.5) is 4.39 Å². The lowest BCUT2D eigenvalue weighted by molar-refractivity contribution is -0.136. The fourth-order valence-electron chi connectivity index (χ4n) is 5.16. The Hall–Kier alpha value is -3.41. The van der Waals surface area contributed by atoms with Crippen LogP contribution in [0.2, 0.25) is 0 Å². The van der Waals surface area contributed by atoms with Crippen LogP contribution < -0.4 is 4.74 Å². The van der Waals surface area contributed by atoms with E-state index in [4.69, 9.17) is 4.74 Å². The number of carbonyl (C=O) groups is 1. The fraction of sp³-hybridized carbons (Fsp3) is 0.333. The minimum Gasteiger partial charge on any atom is -0.495 e. The predicted molar refractivity (Wildman–Crippen MR) is 126 cm³/mol. The van der Waals surface area contributed by atoms with Crippen molar-refractivity contribution in [2.24, 2.45) is 0 Å². The number of ether oxygens (including phenoxy) is 1. The van der Waals surface area contributed by atoms with Gasteiger partial charge in [-0.2, -0.15) is 0 Å². The van der Waals surface area contributed by atoms with Crippen molar-refractivity contribution in [3.05, 3.63) is 83.2 Å². The molecule has 2 aromatic carbocycles. The molecule has 5 nitrogen and oxygen atoms in total. The van der Waals surface area contributed by atoms with E-state index >= 15 is 0 Å². The number of hydrogen-bond acceptors (Lipinski definition) is 3. The quantitative estimate of drug-likeness (QED) is 0.489. The maximum atomic E-state index is 13.6. The normalized spacial score (nSPS) is 21.8. The summed E-state index contributed by atoms with van der Waals surface area (Å²) in [4.78, 5) is 19.9. The topological polar surface area (TPSA) is 47.4 Å². The van der Waals surface area contributed by atoms with E-state index in [1.807, 2.05) is 59.0 Å². The first-order valence-electron chi connectivity index (χ1n) is 11.5. The van der Waals surface area contributed by atoms with E-state index in [0.717, 1.165) is 65.9 Å². The fourth-order valence-corrected chi connectivity index (χ4v) is 5.16. The van der Waals surface area contributed by atoms with Gasteiger partial charge >= 0.3 is 0 Å².